The van der Waals surface area contributed by atoms with E-state index in [1.807, 2.05) is 68.4 Å². The van der Waals surface area contributed by atoms with Crippen molar-refractivity contribution in [1.82, 2.24) is 0 Å². The summed E-state index contributed by atoms with van der Waals surface area (Å²) in [4.78, 5) is 11.8. The summed E-state index contributed by atoms with van der Waals surface area (Å²) in [5.41, 5.74) is 3.96. The van der Waals surface area contributed by atoms with E-state index in [2.05, 4.69) is 44.8 Å². The molecule has 0 aromatic heterocycles. The van der Waals surface area contributed by atoms with Crippen molar-refractivity contribution in [1.29, 1.82) is 0 Å². The van der Waals surface area contributed by atoms with E-state index in [-0.39, 0.29) is 11.8 Å². The standard InChI is InChI=1S/C24H25BrN2O2/c1-17(2)24(28)27-22-11-9-21(10-12-22)26-15-19-14-20(25)8-13-23(19)29-16-18-6-4-3-5-7-18/h3-14,17,26H,15-16H2,1-2H3,(H,27,28). The van der Waals surface area contributed by atoms with Gasteiger partial charge in [0.2, 0.25) is 5.91 Å². The van der Waals surface area contributed by atoms with Gasteiger partial charge in [-0.25, -0.2) is 0 Å². The van der Waals surface area contributed by atoms with Crippen LogP contribution in [0.15, 0.2) is 77.3 Å². The summed E-state index contributed by atoms with van der Waals surface area (Å²) in [7, 11) is 0. The van der Waals surface area contributed by atoms with Crippen LogP contribution in [0.25, 0.3) is 0 Å². The quantitative estimate of drug-likeness (QED) is 0.425. The van der Waals surface area contributed by atoms with Gasteiger partial charge in [-0.1, -0.05) is 60.1 Å². The Bertz CT molecular complexity index is 941. The van der Waals surface area contributed by atoms with Crippen molar-refractivity contribution in [3.63, 3.8) is 0 Å². The van der Waals surface area contributed by atoms with Gasteiger partial charge in [-0.3, -0.25) is 4.79 Å². The highest BCUT2D eigenvalue weighted by Crippen LogP contribution is 2.25. The Morgan fingerprint density at radius 3 is 2.34 bits per heavy atom. The van der Waals surface area contributed by atoms with Crippen LogP contribution in [0.2, 0.25) is 0 Å². The number of anilines is 2. The van der Waals surface area contributed by atoms with Gasteiger partial charge in [0.1, 0.15) is 12.4 Å². The van der Waals surface area contributed by atoms with Gasteiger partial charge < -0.3 is 15.4 Å². The van der Waals surface area contributed by atoms with Gasteiger partial charge in [0.05, 0.1) is 0 Å². The number of halogens is 1. The molecule has 1 amide bonds. The molecule has 0 saturated carbocycles. The summed E-state index contributed by atoms with van der Waals surface area (Å²) in [6.07, 6.45) is 0. The molecule has 0 radical (unpaired) electrons. The zero-order valence-corrected chi connectivity index (χ0v) is 18.2. The lowest BCUT2D eigenvalue weighted by molar-refractivity contribution is -0.118. The maximum Gasteiger partial charge on any atom is 0.226 e. The summed E-state index contributed by atoms with van der Waals surface area (Å²) in [6, 6.07) is 23.9. The Labute approximate surface area is 180 Å². The molecule has 0 heterocycles. The maximum atomic E-state index is 11.8. The highest BCUT2D eigenvalue weighted by molar-refractivity contribution is 9.10. The van der Waals surface area contributed by atoms with Crippen molar-refractivity contribution < 1.29 is 9.53 Å². The number of hydrogen-bond donors (Lipinski definition) is 2. The van der Waals surface area contributed by atoms with Crippen LogP contribution in [-0.2, 0) is 17.9 Å². The number of carbonyl (C=O) groups is 1. The minimum absolute atomic E-state index is 0.0139. The topological polar surface area (TPSA) is 50.4 Å². The molecular formula is C24H25BrN2O2. The number of amides is 1. The van der Waals surface area contributed by atoms with Gasteiger partial charge in [0.25, 0.3) is 0 Å². The van der Waals surface area contributed by atoms with Crippen LogP contribution in [0.1, 0.15) is 25.0 Å². The van der Waals surface area contributed by atoms with E-state index in [4.69, 9.17) is 4.74 Å². The molecule has 0 unspecified atom stereocenters. The minimum Gasteiger partial charge on any atom is -0.489 e. The number of ether oxygens (including phenoxy) is 1. The summed E-state index contributed by atoms with van der Waals surface area (Å²) >= 11 is 3.54. The second kappa shape index (κ2) is 10.1. The van der Waals surface area contributed by atoms with Crippen LogP contribution in [0.3, 0.4) is 0 Å². The molecule has 0 aliphatic heterocycles. The van der Waals surface area contributed by atoms with E-state index in [0.29, 0.717) is 13.2 Å². The van der Waals surface area contributed by atoms with Crippen LogP contribution in [-0.4, -0.2) is 5.91 Å². The second-order valence-electron chi connectivity index (χ2n) is 7.10. The average Bonchev–Trinajstić information content (AvgIpc) is 2.73. The molecule has 150 valence electrons. The number of rotatable bonds is 8. The number of benzene rings is 3. The van der Waals surface area contributed by atoms with Gasteiger partial charge in [-0.15, -0.1) is 0 Å². The third-order valence-corrected chi connectivity index (χ3v) is 4.91. The van der Waals surface area contributed by atoms with Gasteiger partial charge in [-0.05, 0) is 48.0 Å². The molecule has 0 aliphatic rings. The summed E-state index contributed by atoms with van der Waals surface area (Å²) in [5.74, 6) is 0.823. The third-order valence-electron chi connectivity index (χ3n) is 4.42. The van der Waals surface area contributed by atoms with E-state index >= 15 is 0 Å². The van der Waals surface area contributed by atoms with Crippen LogP contribution in [0.4, 0.5) is 11.4 Å². The van der Waals surface area contributed by atoms with Crippen LogP contribution in [0.5, 0.6) is 5.75 Å². The zero-order chi connectivity index (χ0) is 20.6. The normalized spacial score (nSPS) is 10.6. The fourth-order valence-electron chi connectivity index (χ4n) is 2.72. The highest BCUT2D eigenvalue weighted by atomic mass is 79.9. The zero-order valence-electron chi connectivity index (χ0n) is 16.6. The fraction of sp³-hybridized carbons (Fsp3) is 0.208. The van der Waals surface area contributed by atoms with Crippen LogP contribution >= 0.6 is 15.9 Å². The molecule has 5 heteroatoms. The summed E-state index contributed by atoms with van der Waals surface area (Å²) in [5, 5.41) is 6.31. The molecule has 2 N–H and O–H groups in total. The largest absolute Gasteiger partial charge is 0.489 e. The van der Waals surface area contributed by atoms with E-state index < -0.39 is 0 Å². The first kappa shape index (κ1) is 20.9. The van der Waals surface area contributed by atoms with Crippen LogP contribution in [0, 0.1) is 5.92 Å². The predicted octanol–water partition coefficient (Wildman–Crippen LogP) is 6.23. The van der Waals surface area contributed by atoms with Crippen molar-refractivity contribution >= 4 is 33.2 Å². The molecule has 3 aromatic rings. The number of nitrogens with one attached hydrogen (secondary N) is 2. The van der Waals surface area contributed by atoms with Crippen molar-refractivity contribution in [2.24, 2.45) is 5.92 Å². The first-order valence-electron chi connectivity index (χ1n) is 9.61. The molecule has 0 aliphatic carbocycles. The Morgan fingerprint density at radius 1 is 0.966 bits per heavy atom. The average molecular weight is 453 g/mol. The Balaban J connectivity index is 1.62. The first-order chi connectivity index (χ1) is 14.0. The Morgan fingerprint density at radius 2 is 1.66 bits per heavy atom. The van der Waals surface area contributed by atoms with Crippen LogP contribution < -0.4 is 15.4 Å². The molecule has 0 fully saturated rings. The van der Waals surface area contributed by atoms with Gasteiger partial charge >= 0.3 is 0 Å². The smallest absolute Gasteiger partial charge is 0.226 e. The van der Waals surface area contributed by atoms with E-state index in [1.54, 1.807) is 0 Å². The van der Waals surface area contributed by atoms with Crippen molar-refractivity contribution in [3.05, 3.63) is 88.4 Å². The number of hydrogen-bond acceptors (Lipinski definition) is 3. The predicted molar refractivity (Wildman–Crippen MR) is 122 cm³/mol. The highest BCUT2D eigenvalue weighted by Gasteiger charge is 2.08. The van der Waals surface area contributed by atoms with Gasteiger partial charge in [-0.2, -0.15) is 0 Å². The maximum absolute atomic E-state index is 11.8. The lowest BCUT2D eigenvalue weighted by atomic mass is 10.2. The molecule has 29 heavy (non-hydrogen) atoms. The molecule has 3 aromatic carbocycles. The molecule has 4 nitrogen and oxygen atoms in total. The molecule has 0 atom stereocenters. The lowest BCUT2D eigenvalue weighted by Gasteiger charge is -2.14. The Kier molecular flexibility index (Phi) is 7.30. The second-order valence-corrected chi connectivity index (χ2v) is 8.02. The summed E-state index contributed by atoms with van der Waals surface area (Å²) < 4.78 is 7.05. The number of carbonyl (C=O) groups excluding carboxylic acids is 1. The van der Waals surface area contributed by atoms with Crippen molar-refractivity contribution in [3.8, 4) is 5.75 Å². The van der Waals surface area contributed by atoms with Gasteiger partial charge in [0, 0.05) is 33.9 Å². The monoisotopic (exact) mass is 452 g/mol. The first-order valence-corrected chi connectivity index (χ1v) is 10.4. The SMILES string of the molecule is CC(C)C(=O)Nc1ccc(NCc2cc(Br)ccc2OCc2ccccc2)cc1. The molecule has 0 bridgehead atoms. The fourth-order valence-corrected chi connectivity index (χ4v) is 3.13. The molecule has 3 rings (SSSR count). The molecule has 0 spiro atoms. The third kappa shape index (κ3) is 6.36. The van der Waals surface area contributed by atoms with Gasteiger partial charge in [0.15, 0.2) is 0 Å². The van der Waals surface area contributed by atoms with Crippen molar-refractivity contribution in [2.75, 3.05) is 10.6 Å². The molecular weight excluding hydrogens is 428 g/mol. The van der Waals surface area contributed by atoms with E-state index in [0.717, 1.165) is 32.7 Å². The lowest BCUT2D eigenvalue weighted by Crippen LogP contribution is -2.17. The minimum atomic E-state index is -0.0429. The van der Waals surface area contributed by atoms with E-state index in [9.17, 15) is 4.79 Å². The van der Waals surface area contributed by atoms with Crippen molar-refractivity contribution in [2.45, 2.75) is 27.0 Å². The summed E-state index contributed by atoms with van der Waals surface area (Å²) in [6.45, 7) is 4.91. The Hall–Kier alpha value is -2.79. The molecule has 0 saturated heterocycles. The van der Waals surface area contributed by atoms with E-state index in [1.165, 1.54) is 0 Å².